The van der Waals surface area contributed by atoms with E-state index >= 15 is 0 Å². The molecular weight excluding hydrogens is 328 g/mol. The number of hydrogen-bond donors (Lipinski definition) is 3. The highest BCUT2D eigenvalue weighted by atomic mass is 16.4. The maximum absolute atomic E-state index is 12.4. The van der Waals surface area contributed by atoms with Crippen molar-refractivity contribution in [3.8, 4) is 0 Å². The van der Waals surface area contributed by atoms with Crippen LogP contribution in [0.4, 0.5) is 10.5 Å². The SMILES string of the molecule is O=C(Nc1ccccc1Cc1ccccc1)NC1CCC(C(=O)O)CC1. The summed E-state index contributed by atoms with van der Waals surface area (Å²) in [5, 5.41) is 15.0. The van der Waals surface area contributed by atoms with E-state index in [0.717, 1.165) is 17.7 Å². The maximum atomic E-state index is 12.4. The number of carbonyl (C=O) groups excluding carboxylic acids is 1. The first-order valence-electron chi connectivity index (χ1n) is 9.04. The van der Waals surface area contributed by atoms with Crippen LogP contribution in [0.2, 0.25) is 0 Å². The van der Waals surface area contributed by atoms with Gasteiger partial charge in [0.15, 0.2) is 0 Å². The molecule has 2 aromatic carbocycles. The van der Waals surface area contributed by atoms with E-state index in [1.54, 1.807) is 0 Å². The van der Waals surface area contributed by atoms with Crippen molar-refractivity contribution >= 4 is 17.7 Å². The molecule has 2 aromatic rings. The lowest BCUT2D eigenvalue weighted by Crippen LogP contribution is -2.41. The molecule has 1 aliphatic rings. The molecule has 5 nitrogen and oxygen atoms in total. The lowest BCUT2D eigenvalue weighted by atomic mass is 9.86. The summed E-state index contributed by atoms with van der Waals surface area (Å²) >= 11 is 0. The molecule has 26 heavy (non-hydrogen) atoms. The summed E-state index contributed by atoms with van der Waals surface area (Å²) in [7, 11) is 0. The highest BCUT2D eigenvalue weighted by molar-refractivity contribution is 5.90. The minimum absolute atomic E-state index is 0.0342. The fourth-order valence-corrected chi connectivity index (χ4v) is 3.44. The summed E-state index contributed by atoms with van der Waals surface area (Å²) in [6.45, 7) is 0. The Labute approximate surface area is 153 Å². The molecule has 0 spiro atoms. The van der Waals surface area contributed by atoms with Crippen LogP contribution in [0.3, 0.4) is 0 Å². The minimum atomic E-state index is -0.734. The molecule has 3 rings (SSSR count). The number of nitrogens with one attached hydrogen (secondary N) is 2. The third-order valence-electron chi connectivity index (χ3n) is 4.91. The van der Waals surface area contributed by atoms with E-state index in [9.17, 15) is 9.59 Å². The van der Waals surface area contributed by atoms with Crippen molar-refractivity contribution in [2.45, 2.75) is 38.1 Å². The second-order valence-electron chi connectivity index (χ2n) is 6.80. The number of urea groups is 1. The second-order valence-corrected chi connectivity index (χ2v) is 6.80. The zero-order chi connectivity index (χ0) is 18.4. The Morgan fingerprint density at radius 3 is 2.27 bits per heavy atom. The van der Waals surface area contributed by atoms with E-state index < -0.39 is 5.97 Å². The average Bonchev–Trinajstić information content (AvgIpc) is 2.64. The van der Waals surface area contributed by atoms with Gasteiger partial charge in [-0.2, -0.15) is 0 Å². The van der Waals surface area contributed by atoms with Crippen LogP contribution in [-0.4, -0.2) is 23.1 Å². The van der Waals surface area contributed by atoms with Crippen molar-refractivity contribution in [1.82, 2.24) is 5.32 Å². The molecule has 1 aliphatic carbocycles. The highest BCUT2D eigenvalue weighted by Gasteiger charge is 2.26. The summed E-state index contributed by atoms with van der Waals surface area (Å²) in [4.78, 5) is 23.4. The monoisotopic (exact) mass is 352 g/mol. The summed E-state index contributed by atoms with van der Waals surface area (Å²) in [5.41, 5.74) is 3.05. The van der Waals surface area contributed by atoms with Crippen molar-refractivity contribution in [3.05, 3.63) is 65.7 Å². The number of carboxylic acid groups (broad SMARTS) is 1. The summed E-state index contributed by atoms with van der Waals surface area (Å²) in [5.74, 6) is -1.01. The third kappa shape index (κ3) is 4.85. The molecule has 0 heterocycles. The fraction of sp³-hybridized carbons (Fsp3) is 0.333. The van der Waals surface area contributed by atoms with Gasteiger partial charge in [0, 0.05) is 11.7 Å². The molecule has 1 fully saturated rings. The van der Waals surface area contributed by atoms with Gasteiger partial charge in [0.25, 0.3) is 0 Å². The first-order chi connectivity index (χ1) is 12.6. The van der Waals surface area contributed by atoms with Crippen LogP contribution in [0.1, 0.15) is 36.8 Å². The van der Waals surface area contributed by atoms with Crippen LogP contribution >= 0.6 is 0 Å². The molecule has 3 N–H and O–H groups in total. The van der Waals surface area contributed by atoms with Gasteiger partial charge >= 0.3 is 12.0 Å². The molecule has 0 unspecified atom stereocenters. The number of para-hydroxylation sites is 1. The van der Waals surface area contributed by atoms with E-state index in [1.807, 2.05) is 42.5 Å². The van der Waals surface area contributed by atoms with Crippen LogP contribution in [-0.2, 0) is 11.2 Å². The maximum Gasteiger partial charge on any atom is 0.319 e. The van der Waals surface area contributed by atoms with Crippen LogP contribution in [0.15, 0.2) is 54.6 Å². The number of anilines is 1. The number of aliphatic carboxylic acids is 1. The quantitative estimate of drug-likeness (QED) is 0.760. The summed E-state index contributed by atoms with van der Waals surface area (Å²) in [6.07, 6.45) is 3.39. The van der Waals surface area contributed by atoms with Crippen LogP contribution in [0.25, 0.3) is 0 Å². The van der Waals surface area contributed by atoms with Gasteiger partial charge < -0.3 is 15.7 Å². The van der Waals surface area contributed by atoms with Crippen molar-refractivity contribution in [2.75, 3.05) is 5.32 Å². The predicted octanol–water partition coefficient (Wildman–Crippen LogP) is 4.04. The van der Waals surface area contributed by atoms with Crippen molar-refractivity contribution in [1.29, 1.82) is 0 Å². The van der Waals surface area contributed by atoms with Crippen LogP contribution in [0.5, 0.6) is 0 Å². The zero-order valence-electron chi connectivity index (χ0n) is 14.7. The molecule has 0 saturated heterocycles. The largest absolute Gasteiger partial charge is 0.481 e. The number of amides is 2. The Balaban J connectivity index is 1.57. The van der Waals surface area contributed by atoms with Crippen molar-refractivity contribution < 1.29 is 14.7 Å². The van der Waals surface area contributed by atoms with E-state index in [4.69, 9.17) is 5.11 Å². The van der Waals surface area contributed by atoms with Crippen molar-refractivity contribution in [3.63, 3.8) is 0 Å². The topological polar surface area (TPSA) is 78.4 Å². The van der Waals surface area contributed by atoms with E-state index in [1.165, 1.54) is 5.56 Å². The number of carbonyl (C=O) groups is 2. The van der Waals surface area contributed by atoms with Gasteiger partial charge in [0.2, 0.25) is 0 Å². The first kappa shape index (κ1) is 18.0. The fourth-order valence-electron chi connectivity index (χ4n) is 3.44. The number of hydrogen-bond acceptors (Lipinski definition) is 2. The number of carboxylic acids is 1. The number of rotatable bonds is 5. The molecule has 136 valence electrons. The van der Waals surface area contributed by atoms with Gasteiger partial charge in [-0.05, 0) is 49.3 Å². The van der Waals surface area contributed by atoms with E-state index in [2.05, 4.69) is 22.8 Å². The third-order valence-corrected chi connectivity index (χ3v) is 4.91. The second kappa shape index (κ2) is 8.52. The van der Waals surface area contributed by atoms with Crippen LogP contribution in [0, 0.1) is 5.92 Å². The van der Waals surface area contributed by atoms with Gasteiger partial charge in [-0.1, -0.05) is 48.5 Å². The summed E-state index contributed by atoms with van der Waals surface area (Å²) < 4.78 is 0. The molecule has 0 aromatic heterocycles. The molecule has 0 aliphatic heterocycles. The van der Waals surface area contributed by atoms with Gasteiger partial charge in [-0.3, -0.25) is 4.79 Å². The molecule has 1 saturated carbocycles. The highest BCUT2D eigenvalue weighted by Crippen LogP contribution is 2.25. The first-order valence-corrected chi connectivity index (χ1v) is 9.04. The Morgan fingerprint density at radius 2 is 1.58 bits per heavy atom. The number of benzene rings is 2. The Hall–Kier alpha value is -2.82. The van der Waals surface area contributed by atoms with Crippen molar-refractivity contribution in [2.24, 2.45) is 5.92 Å². The van der Waals surface area contributed by atoms with Gasteiger partial charge in [0.1, 0.15) is 0 Å². The molecule has 2 amide bonds. The smallest absolute Gasteiger partial charge is 0.319 e. The molecule has 5 heteroatoms. The minimum Gasteiger partial charge on any atom is -0.481 e. The van der Waals surface area contributed by atoms with Gasteiger partial charge in [-0.15, -0.1) is 0 Å². The lowest BCUT2D eigenvalue weighted by molar-refractivity contribution is -0.142. The lowest BCUT2D eigenvalue weighted by Gasteiger charge is -2.27. The molecule has 0 bridgehead atoms. The Bertz CT molecular complexity index is 753. The molecule has 0 atom stereocenters. The average molecular weight is 352 g/mol. The van der Waals surface area contributed by atoms with Crippen LogP contribution < -0.4 is 10.6 Å². The van der Waals surface area contributed by atoms with Gasteiger partial charge in [-0.25, -0.2) is 4.79 Å². The standard InChI is InChI=1S/C21H24N2O3/c24-20(25)16-10-12-18(13-11-16)22-21(26)23-19-9-5-4-8-17(19)14-15-6-2-1-3-7-15/h1-9,16,18H,10-14H2,(H,24,25)(H2,22,23,26). The molecular formula is C21H24N2O3. The Morgan fingerprint density at radius 1 is 0.923 bits per heavy atom. The van der Waals surface area contributed by atoms with Gasteiger partial charge in [0.05, 0.1) is 5.92 Å². The zero-order valence-corrected chi connectivity index (χ0v) is 14.7. The molecule has 0 radical (unpaired) electrons. The Kier molecular flexibility index (Phi) is 5.89. The van der Waals surface area contributed by atoms with E-state index in [-0.39, 0.29) is 18.0 Å². The normalized spacial score (nSPS) is 19.5. The predicted molar refractivity (Wildman–Crippen MR) is 101 cm³/mol. The van der Waals surface area contributed by atoms with E-state index in [0.29, 0.717) is 25.7 Å². The summed E-state index contributed by atoms with van der Waals surface area (Å²) in [6, 6.07) is 17.7.